The van der Waals surface area contributed by atoms with Crippen LogP contribution in [0, 0.1) is 6.92 Å². The van der Waals surface area contributed by atoms with Crippen molar-refractivity contribution >= 4 is 39.9 Å². The zero-order valence-electron chi connectivity index (χ0n) is 17.8. The second kappa shape index (κ2) is 10.3. The lowest BCUT2D eigenvalue weighted by atomic mass is 10.1. The van der Waals surface area contributed by atoms with Crippen molar-refractivity contribution in [2.45, 2.75) is 38.5 Å². The quantitative estimate of drug-likeness (QED) is 0.607. The van der Waals surface area contributed by atoms with E-state index < -0.39 is 22.5 Å². The van der Waals surface area contributed by atoms with E-state index in [2.05, 4.69) is 27.2 Å². The summed E-state index contributed by atoms with van der Waals surface area (Å²) in [4.78, 5) is 34.0. The van der Waals surface area contributed by atoms with Crippen LogP contribution in [0.2, 0.25) is 0 Å². The number of amides is 1. The molecule has 1 aromatic carbocycles. The predicted octanol–water partition coefficient (Wildman–Crippen LogP) is 2.91. The van der Waals surface area contributed by atoms with Crippen molar-refractivity contribution in [1.29, 1.82) is 0 Å². The van der Waals surface area contributed by atoms with Crippen LogP contribution in [-0.2, 0) is 26.1 Å². The molecular formula is C22H27N5O3S. The average Bonchev–Trinajstić information content (AvgIpc) is 2.76. The minimum absolute atomic E-state index is 0.0325. The van der Waals surface area contributed by atoms with E-state index in [1.165, 1.54) is 12.3 Å². The molecule has 2 N–H and O–H groups in total. The van der Waals surface area contributed by atoms with Gasteiger partial charge in [-0.15, -0.1) is 0 Å². The van der Waals surface area contributed by atoms with Crippen molar-refractivity contribution in [3.63, 3.8) is 0 Å². The smallest absolute Gasteiger partial charge is 0.289 e. The first-order valence-corrected chi connectivity index (χ1v) is 11.5. The first-order chi connectivity index (χ1) is 14.9. The van der Waals surface area contributed by atoms with Crippen LogP contribution in [0.5, 0.6) is 0 Å². The third-order valence-corrected chi connectivity index (χ3v) is 6.04. The molecule has 8 nitrogen and oxygen atoms in total. The van der Waals surface area contributed by atoms with Gasteiger partial charge in [0.2, 0.25) is 11.7 Å². The Morgan fingerprint density at radius 2 is 2.13 bits per heavy atom. The van der Waals surface area contributed by atoms with Gasteiger partial charge >= 0.3 is 0 Å². The SMILES string of the molecule is C=CS(=O)Cc1ccccc1Nc1nc(N[C@H]2CCCN(C(=O)C(C)=O)C2)ncc1C. The summed E-state index contributed by atoms with van der Waals surface area (Å²) in [7, 11) is -1.15. The molecule has 1 aliphatic heterocycles. The van der Waals surface area contributed by atoms with Crippen LogP contribution in [0.3, 0.4) is 0 Å². The maximum Gasteiger partial charge on any atom is 0.289 e. The Bertz CT molecular complexity index is 1010. The molecule has 0 radical (unpaired) electrons. The van der Waals surface area contributed by atoms with Crippen LogP contribution >= 0.6 is 0 Å². The van der Waals surface area contributed by atoms with E-state index in [1.807, 2.05) is 31.2 Å². The number of likely N-dealkylation sites (tertiary alicyclic amines) is 1. The summed E-state index contributed by atoms with van der Waals surface area (Å²) in [5, 5.41) is 8.04. The highest BCUT2D eigenvalue weighted by Gasteiger charge is 2.26. The first kappa shape index (κ1) is 22.6. The summed E-state index contributed by atoms with van der Waals surface area (Å²) in [6.45, 7) is 7.81. The summed E-state index contributed by atoms with van der Waals surface area (Å²) in [5.74, 6) is 0.551. The number of Topliss-reactive ketones (excluding diaryl/α,β-unsaturated/α-hetero) is 1. The molecule has 1 fully saturated rings. The predicted molar refractivity (Wildman–Crippen MR) is 122 cm³/mol. The fourth-order valence-electron chi connectivity index (χ4n) is 3.43. The minimum atomic E-state index is -1.15. The molecule has 164 valence electrons. The van der Waals surface area contributed by atoms with Gasteiger partial charge in [-0.25, -0.2) is 4.98 Å². The zero-order chi connectivity index (χ0) is 22.4. The van der Waals surface area contributed by atoms with Gasteiger partial charge in [-0.3, -0.25) is 13.8 Å². The number of piperidine rings is 1. The lowest BCUT2D eigenvalue weighted by Crippen LogP contribution is -2.47. The van der Waals surface area contributed by atoms with Crippen molar-refractivity contribution in [3.05, 3.63) is 53.6 Å². The third-order valence-electron chi connectivity index (χ3n) is 5.07. The highest BCUT2D eigenvalue weighted by molar-refractivity contribution is 7.87. The van der Waals surface area contributed by atoms with E-state index in [4.69, 9.17) is 0 Å². The van der Waals surface area contributed by atoms with Crippen molar-refractivity contribution in [1.82, 2.24) is 14.9 Å². The summed E-state index contributed by atoms with van der Waals surface area (Å²) in [5.41, 5.74) is 2.59. The lowest BCUT2D eigenvalue weighted by Gasteiger charge is -2.32. The Morgan fingerprint density at radius 1 is 1.35 bits per heavy atom. The number of carbonyl (C=O) groups excluding carboxylic acids is 2. The van der Waals surface area contributed by atoms with E-state index in [0.717, 1.165) is 29.7 Å². The van der Waals surface area contributed by atoms with Crippen molar-refractivity contribution < 1.29 is 13.8 Å². The Kier molecular flexibility index (Phi) is 7.51. The number of para-hydroxylation sites is 1. The lowest BCUT2D eigenvalue weighted by molar-refractivity contribution is -0.144. The van der Waals surface area contributed by atoms with E-state index in [1.54, 1.807) is 11.1 Å². The molecular weight excluding hydrogens is 414 g/mol. The molecule has 0 saturated carbocycles. The van der Waals surface area contributed by atoms with Gasteiger partial charge in [-0.2, -0.15) is 4.98 Å². The maximum atomic E-state index is 12.0. The van der Waals surface area contributed by atoms with E-state index in [-0.39, 0.29) is 6.04 Å². The van der Waals surface area contributed by atoms with Crippen molar-refractivity contribution in [3.8, 4) is 0 Å². The number of aryl methyl sites for hydroxylation is 1. The van der Waals surface area contributed by atoms with Gasteiger partial charge in [-0.05, 0) is 36.8 Å². The number of anilines is 3. The zero-order valence-corrected chi connectivity index (χ0v) is 18.6. The maximum absolute atomic E-state index is 12.0. The highest BCUT2D eigenvalue weighted by atomic mass is 32.2. The van der Waals surface area contributed by atoms with Crippen LogP contribution in [0.25, 0.3) is 0 Å². The van der Waals surface area contributed by atoms with Gasteiger partial charge in [-0.1, -0.05) is 24.8 Å². The standard InChI is InChI=1S/C22H27N5O3S/c1-4-31(30)14-17-8-5-6-10-19(17)25-20-15(2)12-23-22(26-20)24-18-9-7-11-27(13-18)21(29)16(3)28/h4-6,8,10,12,18H,1,7,9,11,13-14H2,2-3H3,(H2,23,24,25,26)/t18-,31?/m0/s1. The molecule has 0 spiro atoms. The summed E-state index contributed by atoms with van der Waals surface area (Å²) in [6.07, 6.45) is 3.39. The number of hydrogen-bond donors (Lipinski definition) is 2. The van der Waals surface area contributed by atoms with Gasteiger partial charge in [0, 0.05) is 54.3 Å². The number of ketones is 1. The van der Waals surface area contributed by atoms with Crippen LogP contribution in [0.15, 0.2) is 42.4 Å². The Hall–Kier alpha value is -3.07. The van der Waals surface area contributed by atoms with E-state index in [9.17, 15) is 13.8 Å². The van der Waals surface area contributed by atoms with Crippen LogP contribution in [-0.4, -0.2) is 49.9 Å². The Labute approximate surface area is 184 Å². The summed E-state index contributed by atoms with van der Waals surface area (Å²) >= 11 is 0. The van der Waals surface area contributed by atoms with Gasteiger partial charge in [0.05, 0.1) is 5.75 Å². The van der Waals surface area contributed by atoms with Crippen LogP contribution < -0.4 is 10.6 Å². The highest BCUT2D eigenvalue weighted by Crippen LogP contribution is 2.24. The monoisotopic (exact) mass is 441 g/mol. The number of hydrogen-bond acceptors (Lipinski definition) is 7. The van der Waals surface area contributed by atoms with Crippen LogP contribution in [0.4, 0.5) is 17.5 Å². The van der Waals surface area contributed by atoms with Gasteiger partial charge in [0.1, 0.15) is 5.82 Å². The fraction of sp³-hybridized carbons (Fsp3) is 0.364. The molecule has 1 aromatic heterocycles. The summed E-state index contributed by atoms with van der Waals surface area (Å²) < 4.78 is 11.9. The number of nitrogens with one attached hydrogen (secondary N) is 2. The molecule has 0 bridgehead atoms. The van der Waals surface area contributed by atoms with E-state index >= 15 is 0 Å². The molecule has 1 amide bonds. The summed E-state index contributed by atoms with van der Waals surface area (Å²) in [6, 6.07) is 7.60. The molecule has 9 heteroatoms. The number of nitrogens with zero attached hydrogens (tertiary/aromatic N) is 3. The molecule has 2 heterocycles. The minimum Gasteiger partial charge on any atom is -0.350 e. The molecule has 1 saturated heterocycles. The largest absolute Gasteiger partial charge is 0.350 e. The first-order valence-electron chi connectivity index (χ1n) is 10.1. The number of aromatic nitrogens is 2. The van der Waals surface area contributed by atoms with Crippen LogP contribution in [0.1, 0.15) is 30.9 Å². The average molecular weight is 442 g/mol. The number of rotatable bonds is 8. The van der Waals surface area contributed by atoms with E-state index in [0.29, 0.717) is 30.6 Å². The van der Waals surface area contributed by atoms with Crippen molar-refractivity contribution in [2.75, 3.05) is 23.7 Å². The molecule has 0 aliphatic carbocycles. The van der Waals surface area contributed by atoms with Gasteiger partial charge < -0.3 is 15.5 Å². The molecule has 31 heavy (non-hydrogen) atoms. The number of benzene rings is 1. The van der Waals surface area contributed by atoms with Gasteiger partial charge in [0.15, 0.2) is 0 Å². The normalized spacial score (nSPS) is 17.0. The molecule has 1 unspecified atom stereocenters. The third kappa shape index (κ3) is 5.97. The molecule has 3 rings (SSSR count). The topological polar surface area (TPSA) is 104 Å². The number of carbonyl (C=O) groups is 2. The Balaban J connectivity index is 1.74. The Morgan fingerprint density at radius 3 is 2.87 bits per heavy atom. The van der Waals surface area contributed by atoms with Crippen molar-refractivity contribution in [2.24, 2.45) is 0 Å². The fourth-order valence-corrected chi connectivity index (χ4v) is 4.11. The molecule has 2 atom stereocenters. The molecule has 2 aromatic rings. The second-order valence-electron chi connectivity index (χ2n) is 7.49. The second-order valence-corrected chi connectivity index (χ2v) is 8.87. The molecule has 1 aliphatic rings. The van der Waals surface area contributed by atoms with Gasteiger partial charge in [0.25, 0.3) is 5.91 Å².